The second-order valence-electron chi connectivity index (χ2n) is 8.81. The SMILES string of the molecule is CSCCC(NC(=O)C(NC(=O)C(N)CCCN=C(N)N)C(C)C)C(=O)NC(Cc1cnc[nH]1)C(=O)O. The fraction of sp³-hybridized carbons (Fsp3) is 0.636. The highest BCUT2D eigenvalue weighted by molar-refractivity contribution is 7.98. The van der Waals surface area contributed by atoms with Crippen molar-refractivity contribution in [1.29, 1.82) is 0 Å². The van der Waals surface area contributed by atoms with Crippen molar-refractivity contribution in [1.82, 2.24) is 25.9 Å². The predicted molar refractivity (Wildman–Crippen MR) is 141 cm³/mol. The number of carboxylic acid groups (broad SMARTS) is 1. The van der Waals surface area contributed by atoms with Crippen molar-refractivity contribution in [3.05, 3.63) is 18.2 Å². The molecule has 37 heavy (non-hydrogen) atoms. The van der Waals surface area contributed by atoms with E-state index in [1.54, 1.807) is 13.8 Å². The van der Waals surface area contributed by atoms with Gasteiger partial charge in [0.15, 0.2) is 5.96 Å². The zero-order valence-electron chi connectivity index (χ0n) is 21.4. The Morgan fingerprint density at radius 2 is 1.76 bits per heavy atom. The summed E-state index contributed by atoms with van der Waals surface area (Å²) in [4.78, 5) is 60.9. The highest BCUT2D eigenvalue weighted by Crippen LogP contribution is 2.08. The van der Waals surface area contributed by atoms with Gasteiger partial charge in [-0.1, -0.05) is 13.8 Å². The van der Waals surface area contributed by atoms with Gasteiger partial charge in [-0.05, 0) is 37.2 Å². The van der Waals surface area contributed by atoms with Gasteiger partial charge >= 0.3 is 5.97 Å². The van der Waals surface area contributed by atoms with Crippen LogP contribution < -0.4 is 33.2 Å². The number of amides is 3. The van der Waals surface area contributed by atoms with E-state index < -0.39 is 47.9 Å². The Bertz CT molecular complexity index is 906. The van der Waals surface area contributed by atoms with Crippen LogP contribution in [0.15, 0.2) is 17.5 Å². The smallest absolute Gasteiger partial charge is 0.326 e. The van der Waals surface area contributed by atoms with E-state index in [4.69, 9.17) is 17.2 Å². The summed E-state index contributed by atoms with van der Waals surface area (Å²) in [5.41, 5.74) is 17.0. The molecule has 14 nitrogen and oxygen atoms in total. The van der Waals surface area contributed by atoms with E-state index in [-0.39, 0.29) is 24.7 Å². The Morgan fingerprint density at radius 3 is 2.30 bits per heavy atom. The standard InChI is InChI=1S/C22H39N9O5S/c1-12(2)17(31-18(32)14(23)5-4-7-27-22(24)25)20(34)29-15(6-8-37-3)19(33)30-16(21(35)36)9-13-10-26-11-28-13/h10-12,14-17H,4-9,23H2,1-3H3,(H,26,28)(H,29,34)(H,30,33)(H,31,32)(H,35,36)(H4,24,25,27). The maximum atomic E-state index is 13.1. The summed E-state index contributed by atoms with van der Waals surface area (Å²) in [6, 6.07) is -4.06. The summed E-state index contributed by atoms with van der Waals surface area (Å²) in [7, 11) is 0. The van der Waals surface area contributed by atoms with Gasteiger partial charge in [0.25, 0.3) is 0 Å². The second kappa shape index (κ2) is 16.4. The van der Waals surface area contributed by atoms with Crippen molar-refractivity contribution in [2.24, 2.45) is 28.1 Å². The quantitative estimate of drug-likeness (QED) is 0.0629. The maximum Gasteiger partial charge on any atom is 0.326 e. The number of carbonyl (C=O) groups excluding carboxylic acids is 3. The lowest BCUT2D eigenvalue weighted by Gasteiger charge is -2.27. The number of aliphatic carboxylic acids is 1. The molecule has 0 aliphatic heterocycles. The fourth-order valence-corrected chi connectivity index (χ4v) is 3.77. The average molecular weight is 542 g/mol. The summed E-state index contributed by atoms with van der Waals surface area (Å²) in [5.74, 6) is -2.78. The molecule has 11 N–H and O–H groups in total. The molecule has 0 saturated carbocycles. The van der Waals surface area contributed by atoms with Gasteiger partial charge in [0.1, 0.15) is 18.1 Å². The topological polar surface area (TPSA) is 244 Å². The van der Waals surface area contributed by atoms with Crippen LogP contribution in [0.3, 0.4) is 0 Å². The largest absolute Gasteiger partial charge is 0.480 e. The zero-order valence-corrected chi connectivity index (χ0v) is 22.2. The van der Waals surface area contributed by atoms with Crippen LogP contribution in [0, 0.1) is 5.92 Å². The molecule has 0 fully saturated rings. The van der Waals surface area contributed by atoms with Crippen LogP contribution in [0.2, 0.25) is 0 Å². The number of nitrogens with zero attached hydrogens (tertiary/aromatic N) is 2. The van der Waals surface area contributed by atoms with Crippen LogP contribution >= 0.6 is 11.8 Å². The van der Waals surface area contributed by atoms with Crippen LogP contribution in [-0.4, -0.2) is 87.4 Å². The van der Waals surface area contributed by atoms with Gasteiger partial charge in [0.2, 0.25) is 17.7 Å². The van der Waals surface area contributed by atoms with Gasteiger partial charge in [0, 0.05) is 24.9 Å². The van der Waals surface area contributed by atoms with Gasteiger partial charge in [-0.2, -0.15) is 11.8 Å². The third-order valence-corrected chi connectivity index (χ3v) is 6.03. The number of aromatic nitrogens is 2. The first-order valence-corrected chi connectivity index (χ1v) is 13.3. The summed E-state index contributed by atoms with van der Waals surface area (Å²) in [5, 5.41) is 17.4. The first kappa shape index (κ1) is 31.7. The third kappa shape index (κ3) is 12.0. The molecule has 1 rings (SSSR count). The van der Waals surface area contributed by atoms with E-state index in [1.165, 1.54) is 24.3 Å². The molecule has 0 spiro atoms. The number of aliphatic imine (C=N–C) groups is 1. The zero-order chi connectivity index (χ0) is 28.0. The monoisotopic (exact) mass is 541 g/mol. The van der Waals surface area contributed by atoms with E-state index in [9.17, 15) is 24.3 Å². The molecule has 0 bridgehead atoms. The fourth-order valence-electron chi connectivity index (χ4n) is 3.30. The van der Waals surface area contributed by atoms with E-state index in [1.807, 2.05) is 6.26 Å². The summed E-state index contributed by atoms with van der Waals surface area (Å²) >= 11 is 1.47. The normalized spacial score (nSPS) is 14.2. The molecule has 0 aromatic carbocycles. The van der Waals surface area contributed by atoms with Gasteiger partial charge in [-0.15, -0.1) is 0 Å². The van der Waals surface area contributed by atoms with Crippen LogP contribution in [0.25, 0.3) is 0 Å². The van der Waals surface area contributed by atoms with Gasteiger partial charge < -0.3 is 43.2 Å². The Labute approximate surface area is 220 Å². The predicted octanol–water partition coefficient (Wildman–Crippen LogP) is -1.72. The average Bonchev–Trinajstić information content (AvgIpc) is 3.34. The molecule has 1 aromatic heterocycles. The molecule has 0 aliphatic rings. The number of imidazole rings is 1. The first-order valence-electron chi connectivity index (χ1n) is 11.9. The minimum absolute atomic E-state index is 0.00395. The number of guanidine groups is 1. The number of H-pyrrole nitrogens is 1. The van der Waals surface area contributed by atoms with Crippen LogP contribution in [0.5, 0.6) is 0 Å². The number of carbonyl (C=O) groups is 4. The Morgan fingerprint density at radius 1 is 1.08 bits per heavy atom. The number of nitrogens with two attached hydrogens (primary N) is 3. The number of hydrogen-bond acceptors (Lipinski definition) is 8. The minimum Gasteiger partial charge on any atom is -0.480 e. The molecule has 208 valence electrons. The number of nitrogens with one attached hydrogen (secondary N) is 4. The third-order valence-electron chi connectivity index (χ3n) is 5.39. The van der Waals surface area contributed by atoms with E-state index in [0.717, 1.165) is 0 Å². The molecule has 15 heteroatoms. The number of thioether (sulfide) groups is 1. The Hall–Kier alpha value is -3.33. The number of rotatable bonds is 17. The molecule has 4 atom stereocenters. The van der Waals surface area contributed by atoms with Crippen molar-refractivity contribution in [2.45, 2.75) is 63.7 Å². The number of hydrogen-bond donors (Lipinski definition) is 8. The molecule has 4 unspecified atom stereocenters. The van der Waals surface area contributed by atoms with Crippen molar-refractivity contribution >= 4 is 41.4 Å². The lowest BCUT2D eigenvalue weighted by Crippen LogP contribution is -2.58. The van der Waals surface area contributed by atoms with E-state index in [0.29, 0.717) is 30.8 Å². The highest BCUT2D eigenvalue weighted by atomic mass is 32.2. The summed E-state index contributed by atoms with van der Waals surface area (Å²) in [6.07, 6.45) is 5.77. The molecule has 0 saturated heterocycles. The van der Waals surface area contributed by atoms with Gasteiger partial charge in [-0.3, -0.25) is 19.4 Å². The molecule has 3 amide bonds. The van der Waals surface area contributed by atoms with Crippen LogP contribution in [-0.2, 0) is 25.6 Å². The lowest BCUT2D eigenvalue weighted by atomic mass is 10.0. The number of carboxylic acids is 1. The lowest BCUT2D eigenvalue weighted by molar-refractivity contribution is -0.142. The molecule has 0 radical (unpaired) electrons. The van der Waals surface area contributed by atoms with Crippen LogP contribution in [0.4, 0.5) is 0 Å². The van der Waals surface area contributed by atoms with Crippen molar-refractivity contribution < 1.29 is 24.3 Å². The van der Waals surface area contributed by atoms with Gasteiger partial charge in [0.05, 0.1) is 12.4 Å². The first-order chi connectivity index (χ1) is 17.5. The minimum atomic E-state index is -1.22. The highest BCUT2D eigenvalue weighted by Gasteiger charge is 2.31. The Balaban J connectivity index is 2.85. The maximum absolute atomic E-state index is 13.1. The molecule has 1 heterocycles. The summed E-state index contributed by atoms with van der Waals surface area (Å²) < 4.78 is 0. The van der Waals surface area contributed by atoms with Crippen molar-refractivity contribution in [3.8, 4) is 0 Å². The van der Waals surface area contributed by atoms with Gasteiger partial charge in [-0.25, -0.2) is 9.78 Å². The number of aromatic amines is 1. The molecule has 0 aliphatic carbocycles. The van der Waals surface area contributed by atoms with E-state index >= 15 is 0 Å². The molecular weight excluding hydrogens is 502 g/mol. The summed E-state index contributed by atoms with van der Waals surface area (Å²) in [6.45, 7) is 3.81. The Kier molecular flexibility index (Phi) is 14.1. The molecular formula is C22H39N9O5S. The van der Waals surface area contributed by atoms with Crippen molar-refractivity contribution in [3.63, 3.8) is 0 Å². The van der Waals surface area contributed by atoms with E-state index in [2.05, 4.69) is 30.9 Å². The second-order valence-corrected chi connectivity index (χ2v) is 9.79. The molecule has 1 aromatic rings. The van der Waals surface area contributed by atoms with Crippen molar-refractivity contribution in [2.75, 3.05) is 18.6 Å². The van der Waals surface area contributed by atoms with Crippen LogP contribution in [0.1, 0.15) is 38.8 Å².